The van der Waals surface area contributed by atoms with Crippen LogP contribution in [0.2, 0.25) is 0 Å². The number of hydrogen-bond donors (Lipinski definition) is 0. The molecule has 2 aliphatic carbocycles. The van der Waals surface area contributed by atoms with Gasteiger partial charge in [0.1, 0.15) is 0 Å². The first kappa shape index (κ1) is 49.0. The lowest BCUT2D eigenvalue weighted by atomic mass is 9.70. The summed E-state index contributed by atoms with van der Waals surface area (Å²) in [5.74, 6) is 6.26. The largest absolute Gasteiger partial charge is 0.0683 e. The van der Waals surface area contributed by atoms with Gasteiger partial charge in [-0.25, -0.2) is 0 Å². The van der Waals surface area contributed by atoms with E-state index in [4.69, 9.17) is 0 Å². The minimum absolute atomic E-state index is 0.870. The minimum Gasteiger partial charge on any atom is -0.0683 e. The summed E-state index contributed by atoms with van der Waals surface area (Å²) in [4.78, 5) is 0. The molecule has 0 bridgehead atoms. The first-order valence-electron chi connectivity index (χ1n) is 17.2. The molecule has 2 rings (SSSR count). The van der Waals surface area contributed by atoms with E-state index in [1.165, 1.54) is 64.2 Å². The van der Waals surface area contributed by atoms with Crippen molar-refractivity contribution in [2.75, 3.05) is 0 Å². The molecule has 2 saturated carbocycles. The summed E-state index contributed by atoms with van der Waals surface area (Å²) in [6, 6.07) is 0. The molecule has 0 aromatic heterocycles. The van der Waals surface area contributed by atoms with Crippen molar-refractivity contribution in [2.45, 2.75) is 196 Å². The molecule has 0 amide bonds. The third-order valence-electron chi connectivity index (χ3n) is 7.98. The van der Waals surface area contributed by atoms with Crippen molar-refractivity contribution in [1.29, 1.82) is 0 Å². The summed E-state index contributed by atoms with van der Waals surface area (Å²) < 4.78 is 0. The molecule has 7 atom stereocenters. The van der Waals surface area contributed by atoms with Gasteiger partial charge in [-0.3, -0.25) is 0 Å². The highest BCUT2D eigenvalue weighted by molar-refractivity contribution is 4.83. The molecule has 36 heavy (non-hydrogen) atoms. The lowest BCUT2D eigenvalue weighted by molar-refractivity contribution is 0.133. The molecule has 0 nitrogen and oxygen atoms in total. The van der Waals surface area contributed by atoms with Crippen LogP contribution in [0.1, 0.15) is 196 Å². The third-order valence-corrected chi connectivity index (χ3v) is 7.98. The Morgan fingerprint density at radius 2 is 0.694 bits per heavy atom. The molecular weight excluding hydrogens is 432 g/mol. The predicted octanol–water partition coefficient (Wildman–Crippen LogP) is 14.5. The van der Waals surface area contributed by atoms with Crippen LogP contribution in [0.4, 0.5) is 0 Å². The Hall–Kier alpha value is 0. The molecule has 228 valence electrons. The first-order valence-corrected chi connectivity index (χ1v) is 17.2. The highest BCUT2D eigenvalue weighted by Gasteiger charge is 2.34. The van der Waals surface area contributed by atoms with Gasteiger partial charge in [-0.05, 0) is 47.8 Å². The molecule has 0 aromatic carbocycles. The van der Waals surface area contributed by atoms with Gasteiger partial charge in [-0.2, -0.15) is 0 Å². The summed E-state index contributed by atoms with van der Waals surface area (Å²) in [6.07, 6.45) is 14.1. The second kappa shape index (κ2) is 42.1. The van der Waals surface area contributed by atoms with E-state index in [0.717, 1.165) is 41.4 Å². The molecule has 0 N–H and O–H groups in total. The zero-order chi connectivity index (χ0) is 30.1. The minimum atomic E-state index is 0.870. The smallest absolute Gasteiger partial charge is 0.0386 e. The van der Waals surface area contributed by atoms with E-state index in [9.17, 15) is 0 Å². The monoisotopic (exact) mass is 517 g/mol. The van der Waals surface area contributed by atoms with Crippen molar-refractivity contribution in [1.82, 2.24) is 0 Å². The second-order valence-corrected chi connectivity index (χ2v) is 10.1. The van der Waals surface area contributed by atoms with E-state index in [0.29, 0.717) is 0 Å². The predicted molar refractivity (Wildman–Crippen MR) is 178 cm³/mol. The van der Waals surface area contributed by atoms with Gasteiger partial charge in [0, 0.05) is 0 Å². The Balaban J connectivity index is -0.0000000969. The lowest BCUT2D eigenvalue weighted by Gasteiger charge is -2.35. The Morgan fingerprint density at radius 1 is 0.417 bits per heavy atom. The fourth-order valence-electron chi connectivity index (χ4n) is 4.21. The van der Waals surface area contributed by atoms with Crippen LogP contribution >= 0.6 is 0 Å². The Morgan fingerprint density at radius 3 is 0.944 bits per heavy atom. The van der Waals surface area contributed by atoms with Crippen molar-refractivity contribution in [3.8, 4) is 0 Å². The molecule has 2 fully saturated rings. The topological polar surface area (TPSA) is 0 Å². The fraction of sp³-hybridized carbons (Fsp3) is 1.00. The summed E-state index contributed by atoms with van der Waals surface area (Å²) in [5, 5.41) is 0. The molecule has 0 spiro atoms. The summed E-state index contributed by atoms with van der Waals surface area (Å²) >= 11 is 0. The van der Waals surface area contributed by atoms with Gasteiger partial charge >= 0.3 is 0 Å². The average Bonchev–Trinajstić information content (AvgIpc) is 2.92. The number of unbranched alkanes of at least 4 members (excludes halogenated alkanes) is 1. The van der Waals surface area contributed by atoms with Crippen LogP contribution in [0.5, 0.6) is 0 Å². The number of hydrogen-bond acceptors (Lipinski definition) is 0. The van der Waals surface area contributed by atoms with E-state index in [-0.39, 0.29) is 0 Å². The Labute approximate surface area is 237 Å². The molecule has 0 radical (unpaired) electrons. The van der Waals surface area contributed by atoms with E-state index >= 15 is 0 Å². The van der Waals surface area contributed by atoms with Gasteiger partial charge < -0.3 is 0 Å². The summed E-state index contributed by atoms with van der Waals surface area (Å²) in [6.45, 7) is 41.9. The summed E-state index contributed by atoms with van der Waals surface area (Å²) in [7, 11) is 0. The summed E-state index contributed by atoms with van der Waals surface area (Å²) in [5.41, 5.74) is 0. The van der Waals surface area contributed by atoms with Gasteiger partial charge in [0.2, 0.25) is 0 Å². The van der Waals surface area contributed by atoms with Crippen molar-refractivity contribution in [3.05, 3.63) is 0 Å². The molecule has 2 aliphatic rings. The number of rotatable bonds is 2. The van der Waals surface area contributed by atoms with Gasteiger partial charge in [0.25, 0.3) is 0 Å². The van der Waals surface area contributed by atoms with E-state index < -0.39 is 0 Å². The van der Waals surface area contributed by atoms with Crippen LogP contribution < -0.4 is 0 Å². The molecule has 0 heteroatoms. The first-order chi connectivity index (χ1) is 17.2. The van der Waals surface area contributed by atoms with Gasteiger partial charge in [0.15, 0.2) is 0 Å². The molecule has 0 aliphatic heterocycles. The van der Waals surface area contributed by atoms with Crippen molar-refractivity contribution in [2.24, 2.45) is 41.4 Å². The van der Waals surface area contributed by atoms with Crippen LogP contribution in [0.25, 0.3) is 0 Å². The Kier molecular flexibility index (Phi) is 57.3. The van der Waals surface area contributed by atoms with Gasteiger partial charge in [-0.15, -0.1) is 0 Å². The SMILES string of the molecule is C1CCC1.CC.CC.CC.CC.CCC.CCCC.CC[C@H]1CCC(C)C(C)C(C)C(C)C(C)C1C. The zero-order valence-corrected chi connectivity index (χ0v) is 30.1. The highest BCUT2D eigenvalue weighted by Crippen LogP contribution is 2.42. The maximum atomic E-state index is 2.50. The Bertz CT molecular complexity index is 295. The lowest BCUT2D eigenvalue weighted by Crippen LogP contribution is -2.29. The van der Waals surface area contributed by atoms with E-state index in [2.05, 4.69) is 76.2 Å². The maximum Gasteiger partial charge on any atom is -0.0386 e. The quantitative estimate of drug-likeness (QED) is 0.342. The molecule has 6 unspecified atom stereocenters. The van der Waals surface area contributed by atoms with Crippen LogP contribution in [-0.2, 0) is 0 Å². The third kappa shape index (κ3) is 28.6. The van der Waals surface area contributed by atoms with Crippen molar-refractivity contribution in [3.63, 3.8) is 0 Å². The van der Waals surface area contributed by atoms with Crippen LogP contribution in [0.3, 0.4) is 0 Å². The molecule has 0 saturated heterocycles. The van der Waals surface area contributed by atoms with Crippen LogP contribution in [-0.4, -0.2) is 0 Å². The maximum absolute atomic E-state index is 2.50. The normalized spacial score (nSPS) is 27.9. The van der Waals surface area contributed by atoms with E-state index in [1.807, 2.05) is 55.4 Å². The standard InChI is InChI=1S/C17H34.C4H8.C4H10.C3H8.4C2H6/c1-8-17-10-9-11(2)12(3)13(4)14(5)15(6)16(17)7;1-2-4-3-1;1-3-4-2;1-3-2;4*1-2/h11-17H,8-10H2,1-7H3;1-4H2;3-4H2,1-2H3;3H2,1-2H3;4*1-2H3/t11?,12?,13?,14?,15?,16?,17-;;;;;;;/m0......./s1. The fourth-order valence-corrected chi connectivity index (χ4v) is 4.21. The van der Waals surface area contributed by atoms with Crippen molar-refractivity contribution >= 4 is 0 Å². The average molecular weight is 517 g/mol. The molecule has 0 aromatic rings. The second-order valence-electron chi connectivity index (χ2n) is 10.1. The molecular formula is C36H84. The van der Waals surface area contributed by atoms with Crippen molar-refractivity contribution < 1.29 is 0 Å². The van der Waals surface area contributed by atoms with Gasteiger partial charge in [-0.1, -0.05) is 189 Å². The van der Waals surface area contributed by atoms with Crippen LogP contribution in [0.15, 0.2) is 0 Å². The molecule has 0 heterocycles. The van der Waals surface area contributed by atoms with Gasteiger partial charge in [0.05, 0.1) is 0 Å². The zero-order valence-electron chi connectivity index (χ0n) is 30.1. The van der Waals surface area contributed by atoms with E-state index in [1.54, 1.807) is 0 Å². The highest BCUT2D eigenvalue weighted by atomic mass is 14.4. The van der Waals surface area contributed by atoms with Crippen LogP contribution in [0, 0.1) is 41.4 Å².